The highest BCUT2D eigenvalue weighted by atomic mass is 35.5. The Kier molecular flexibility index (Phi) is 4.35. The Morgan fingerprint density at radius 1 is 1.10 bits per heavy atom. The topological polar surface area (TPSA) is 60.2 Å². The van der Waals surface area contributed by atoms with Crippen molar-refractivity contribution >= 4 is 27.1 Å². The number of anilines is 1. The minimum absolute atomic E-state index is 0.0145. The van der Waals surface area contributed by atoms with Crippen molar-refractivity contribution < 1.29 is 8.42 Å². The van der Waals surface area contributed by atoms with E-state index >= 15 is 0 Å². The molecule has 0 fully saturated rings. The highest BCUT2D eigenvalue weighted by molar-refractivity contribution is 7.89. The fourth-order valence-corrected chi connectivity index (χ4v) is 3.93. The average molecular weight is 310 g/mol. The van der Waals surface area contributed by atoms with Gasteiger partial charge in [-0.3, -0.25) is 0 Å². The van der Waals surface area contributed by atoms with Gasteiger partial charge in [-0.1, -0.05) is 47.5 Å². The molecule has 5 heteroatoms. The van der Waals surface area contributed by atoms with Crippen LogP contribution in [0.3, 0.4) is 0 Å². The van der Waals surface area contributed by atoms with E-state index in [1.165, 1.54) is 0 Å². The van der Waals surface area contributed by atoms with Crippen LogP contribution in [0.25, 0.3) is 0 Å². The summed E-state index contributed by atoms with van der Waals surface area (Å²) in [4.78, 5) is 0. The highest BCUT2D eigenvalue weighted by Gasteiger charge is 2.17. The molecule has 0 saturated carbocycles. The maximum Gasteiger partial charge on any atom is 0.158 e. The lowest BCUT2D eigenvalue weighted by Gasteiger charge is -2.09. The molecule has 0 aliphatic heterocycles. The first kappa shape index (κ1) is 14.9. The number of benzene rings is 2. The summed E-state index contributed by atoms with van der Waals surface area (Å²) < 4.78 is 24.5. The predicted molar refractivity (Wildman–Crippen MR) is 83.4 cm³/mol. The van der Waals surface area contributed by atoms with Crippen LogP contribution in [0.4, 0.5) is 5.69 Å². The molecule has 0 aliphatic rings. The Bertz CT molecular complexity index is 706. The summed E-state index contributed by atoms with van der Waals surface area (Å²) >= 11 is 6.02. The fourth-order valence-electron chi connectivity index (χ4n) is 2.05. The van der Waals surface area contributed by atoms with Gasteiger partial charge in [0.05, 0.1) is 11.5 Å². The first-order valence-corrected chi connectivity index (χ1v) is 8.36. The molecule has 3 nitrogen and oxygen atoms in total. The Morgan fingerprint density at radius 3 is 2.45 bits per heavy atom. The number of hydrogen-bond donors (Lipinski definition) is 1. The second-order valence-electron chi connectivity index (χ2n) is 4.83. The number of rotatable bonds is 4. The van der Waals surface area contributed by atoms with Gasteiger partial charge in [-0.05, 0) is 24.6 Å². The third kappa shape index (κ3) is 3.74. The van der Waals surface area contributed by atoms with Crippen LogP contribution in [-0.2, 0) is 21.3 Å². The smallest absolute Gasteiger partial charge is 0.158 e. The molecule has 0 aromatic heterocycles. The van der Waals surface area contributed by atoms with E-state index < -0.39 is 9.84 Å². The summed E-state index contributed by atoms with van der Waals surface area (Å²) in [6.45, 7) is 1.93. The number of aryl methyl sites for hydroxylation is 1. The first-order chi connectivity index (χ1) is 9.37. The van der Waals surface area contributed by atoms with E-state index in [1.807, 2.05) is 25.1 Å². The van der Waals surface area contributed by atoms with Crippen LogP contribution in [0, 0.1) is 6.92 Å². The van der Waals surface area contributed by atoms with Gasteiger partial charge in [0, 0.05) is 16.3 Å². The molecule has 0 radical (unpaired) electrons. The normalized spacial score (nSPS) is 11.5. The van der Waals surface area contributed by atoms with Crippen molar-refractivity contribution in [1.29, 1.82) is 0 Å². The van der Waals surface area contributed by atoms with Gasteiger partial charge in [-0.25, -0.2) is 8.42 Å². The molecule has 0 aliphatic carbocycles. The van der Waals surface area contributed by atoms with E-state index in [0.29, 0.717) is 16.3 Å². The molecule has 20 heavy (non-hydrogen) atoms. The SMILES string of the molecule is Cc1cccc(CS(=O)(=O)Cc2c(N)cccc2Cl)c1. The van der Waals surface area contributed by atoms with E-state index in [4.69, 9.17) is 17.3 Å². The van der Waals surface area contributed by atoms with Crippen LogP contribution in [0.1, 0.15) is 16.7 Å². The molecule has 0 amide bonds. The van der Waals surface area contributed by atoms with Crippen molar-refractivity contribution in [2.24, 2.45) is 0 Å². The quantitative estimate of drug-likeness (QED) is 0.881. The summed E-state index contributed by atoms with van der Waals surface area (Å²) in [6.07, 6.45) is 0. The maximum absolute atomic E-state index is 12.3. The monoisotopic (exact) mass is 309 g/mol. The molecular formula is C15H16ClNO2S. The Labute approximate surface area is 124 Å². The zero-order valence-electron chi connectivity index (χ0n) is 11.1. The van der Waals surface area contributed by atoms with Gasteiger partial charge in [0.1, 0.15) is 0 Å². The van der Waals surface area contributed by atoms with Gasteiger partial charge in [0.25, 0.3) is 0 Å². The van der Waals surface area contributed by atoms with Gasteiger partial charge in [0.15, 0.2) is 9.84 Å². The largest absolute Gasteiger partial charge is 0.398 e. The molecule has 2 aromatic rings. The molecule has 2 aromatic carbocycles. The standard InChI is InChI=1S/C15H16ClNO2S/c1-11-4-2-5-12(8-11)9-20(18,19)10-13-14(16)6-3-7-15(13)17/h2-8H,9-10,17H2,1H3. The second-order valence-corrected chi connectivity index (χ2v) is 7.30. The summed E-state index contributed by atoms with van der Waals surface area (Å²) in [5.74, 6) is -0.161. The lowest BCUT2D eigenvalue weighted by Crippen LogP contribution is -2.10. The zero-order valence-corrected chi connectivity index (χ0v) is 12.7. The third-order valence-electron chi connectivity index (χ3n) is 2.99. The Hall–Kier alpha value is -1.52. The van der Waals surface area contributed by atoms with E-state index in [9.17, 15) is 8.42 Å². The van der Waals surface area contributed by atoms with Crippen molar-refractivity contribution in [2.75, 3.05) is 5.73 Å². The second kappa shape index (κ2) is 5.85. The van der Waals surface area contributed by atoms with Gasteiger partial charge >= 0.3 is 0 Å². The van der Waals surface area contributed by atoms with Crippen LogP contribution in [0.2, 0.25) is 5.02 Å². The van der Waals surface area contributed by atoms with E-state index in [2.05, 4.69) is 0 Å². The molecule has 0 unspecified atom stereocenters. The van der Waals surface area contributed by atoms with E-state index in [1.54, 1.807) is 24.3 Å². The van der Waals surface area contributed by atoms with Crippen molar-refractivity contribution in [3.05, 3.63) is 64.2 Å². The molecule has 2 N–H and O–H groups in total. The first-order valence-electron chi connectivity index (χ1n) is 6.16. The van der Waals surface area contributed by atoms with Crippen molar-refractivity contribution in [3.63, 3.8) is 0 Å². The zero-order chi connectivity index (χ0) is 14.8. The third-order valence-corrected chi connectivity index (χ3v) is 4.84. The Morgan fingerprint density at radius 2 is 1.80 bits per heavy atom. The fraction of sp³-hybridized carbons (Fsp3) is 0.200. The Balaban J connectivity index is 2.24. The van der Waals surface area contributed by atoms with Gasteiger partial charge in [0.2, 0.25) is 0 Å². The molecule has 106 valence electrons. The molecular weight excluding hydrogens is 294 g/mol. The molecule has 0 spiro atoms. The van der Waals surface area contributed by atoms with Crippen LogP contribution in [-0.4, -0.2) is 8.42 Å². The van der Waals surface area contributed by atoms with E-state index in [-0.39, 0.29) is 11.5 Å². The number of hydrogen-bond acceptors (Lipinski definition) is 3. The highest BCUT2D eigenvalue weighted by Crippen LogP contribution is 2.25. The van der Waals surface area contributed by atoms with Crippen LogP contribution >= 0.6 is 11.6 Å². The van der Waals surface area contributed by atoms with Crippen molar-refractivity contribution in [1.82, 2.24) is 0 Å². The van der Waals surface area contributed by atoms with Gasteiger partial charge < -0.3 is 5.73 Å². The molecule has 2 rings (SSSR count). The summed E-state index contributed by atoms with van der Waals surface area (Å²) in [5.41, 5.74) is 8.49. The van der Waals surface area contributed by atoms with Gasteiger partial charge in [-0.15, -0.1) is 0 Å². The number of sulfone groups is 1. The summed E-state index contributed by atoms with van der Waals surface area (Å²) in [6, 6.07) is 12.5. The lowest BCUT2D eigenvalue weighted by molar-refractivity contribution is 0.594. The molecule has 0 atom stereocenters. The predicted octanol–water partition coefficient (Wildman–Crippen LogP) is 3.35. The molecule has 0 saturated heterocycles. The van der Waals surface area contributed by atoms with Crippen LogP contribution in [0.5, 0.6) is 0 Å². The average Bonchev–Trinajstić information content (AvgIpc) is 2.33. The number of nitrogen functional groups attached to an aromatic ring is 1. The summed E-state index contributed by atoms with van der Waals surface area (Å²) in [7, 11) is -3.31. The van der Waals surface area contributed by atoms with E-state index in [0.717, 1.165) is 11.1 Å². The van der Waals surface area contributed by atoms with Crippen LogP contribution in [0.15, 0.2) is 42.5 Å². The maximum atomic E-state index is 12.3. The molecule has 0 bridgehead atoms. The molecule has 0 heterocycles. The van der Waals surface area contributed by atoms with Crippen LogP contribution < -0.4 is 5.73 Å². The van der Waals surface area contributed by atoms with Crippen molar-refractivity contribution in [3.8, 4) is 0 Å². The number of nitrogens with two attached hydrogens (primary N) is 1. The van der Waals surface area contributed by atoms with Gasteiger partial charge in [-0.2, -0.15) is 0 Å². The summed E-state index contributed by atoms with van der Waals surface area (Å²) in [5, 5.41) is 0.387. The number of halogens is 1. The minimum Gasteiger partial charge on any atom is -0.398 e. The lowest BCUT2D eigenvalue weighted by atomic mass is 10.2. The minimum atomic E-state index is -3.31. The van der Waals surface area contributed by atoms with Crippen molar-refractivity contribution in [2.45, 2.75) is 18.4 Å².